The molecule has 22 rings (SSSR count). The van der Waals surface area contributed by atoms with Gasteiger partial charge in [0.25, 0.3) is 0 Å². The molecule has 0 N–H and O–H groups in total. The highest BCUT2D eigenvalue weighted by atomic mass is 14.9. The van der Waals surface area contributed by atoms with Gasteiger partial charge in [-0.3, -0.25) is 19.9 Å². The maximum atomic E-state index is 5.22. The summed E-state index contributed by atoms with van der Waals surface area (Å²) in [7, 11) is 0. The van der Waals surface area contributed by atoms with Crippen LogP contribution < -0.4 is 0 Å². The Kier molecular flexibility index (Phi) is 23.1. The Balaban J connectivity index is 0.594. The van der Waals surface area contributed by atoms with Crippen molar-refractivity contribution in [3.8, 4) is 234 Å². The molecule has 0 saturated carbocycles. The third-order valence-corrected chi connectivity index (χ3v) is 26.5. The zero-order valence-corrected chi connectivity index (χ0v) is 75.9. The van der Waals surface area contributed by atoms with Gasteiger partial charge in [0.1, 0.15) is 0 Å². The highest BCUT2D eigenvalue weighted by Gasteiger charge is 2.23. The topological polar surface area (TPSA) is 77.3 Å². The Hall–Kier alpha value is -17.6. The largest absolute Gasteiger partial charge is 0.256 e. The molecule has 0 amide bonds. The Bertz CT molecular complexity index is 7290. The smallest absolute Gasteiger partial charge is 0.159 e. The summed E-state index contributed by atoms with van der Waals surface area (Å²) < 4.78 is 0. The third-order valence-electron chi connectivity index (χ3n) is 26.5. The van der Waals surface area contributed by atoms with E-state index < -0.39 is 0 Å². The van der Waals surface area contributed by atoms with Gasteiger partial charge >= 0.3 is 0 Å². The van der Waals surface area contributed by atoms with Crippen molar-refractivity contribution in [2.75, 3.05) is 0 Å². The van der Waals surface area contributed by atoms with Gasteiger partial charge in [0, 0.05) is 92.8 Å². The van der Waals surface area contributed by atoms with Gasteiger partial charge in [-0.25, -0.2) is 9.97 Å². The van der Waals surface area contributed by atoms with E-state index in [4.69, 9.17) is 29.9 Å². The minimum Gasteiger partial charge on any atom is -0.256 e. The average Bonchev–Trinajstić information content (AvgIpc) is 0.768. The van der Waals surface area contributed by atoms with Crippen LogP contribution in [-0.2, 0) is 0 Å². The second-order valence-corrected chi connectivity index (χ2v) is 35.1. The Morgan fingerprint density at radius 1 is 0.110 bits per heavy atom. The molecule has 0 fully saturated rings. The molecule has 6 heteroatoms. The molecule has 0 aliphatic rings. The Morgan fingerprint density at radius 2 is 0.265 bits per heavy atom. The summed E-state index contributed by atoms with van der Waals surface area (Å²) in [5.41, 5.74) is 49.0. The molecular formula is C130H92N6. The van der Waals surface area contributed by atoms with Crippen LogP contribution in [0, 0.1) is 27.7 Å². The molecular weight excluding hydrogens is 1650 g/mol. The van der Waals surface area contributed by atoms with Gasteiger partial charge in [-0.05, 0) is 261 Å². The SMILES string of the molecule is Cc1cc(-c2ccc(-c3ccccc3-c3cc(-c4ccccc4-c4ccc(-c5cc(C)c(-c6ccccc6)cn5)cc4)cc(-c4ccccc4-c4ccc(-c5ncc(-c6ccccc6-c6cc(-c7ccccc7-c7ccc(-c8cc(C)c(-c9ccccc9)cn8)cc7)cc(-c7ccccc7-c7ccc(-c8cc(C)c(-c9ccccc9)cn8)cc7)c6)cn5)cc4)c3)cc2)ncc1-c1ccccc1. The van der Waals surface area contributed by atoms with Gasteiger partial charge in [0.2, 0.25) is 0 Å². The van der Waals surface area contributed by atoms with E-state index in [-0.39, 0.29) is 0 Å². The number of hydrogen-bond acceptors (Lipinski definition) is 6. The van der Waals surface area contributed by atoms with Gasteiger partial charge in [0.05, 0.1) is 22.8 Å². The Morgan fingerprint density at radius 3 is 0.456 bits per heavy atom. The molecule has 17 aromatic carbocycles. The molecule has 0 radical (unpaired) electrons. The first-order chi connectivity index (χ1) is 67.0. The van der Waals surface area contributed by atoms with Crippen molar-refractivity contribution < 1.29 is 0 Å². The molecule has 642 valence electrons. The number of aromatic nitrogens is 6. The minimum absolute atomic E-state index is 0.631. The van der Waals surface area contributed by atoms with Crippen molar-refractivity contribution in [3.05, 3.63) is 508 Å². The first-order valence-electron chi connectivity index (χ1n) is 46.4. The van der Waals surface area contributed by atoms with E-state index in [9.17, 15) is 0 Å². The zero-order chi connectivity index (χ0) is 91.4. The highest BCUT2D eigenvalue weighted by molar-refractivity contribution is 5.98. The molecule has 0 atom stereocenters. The van der Waals surface area contributed by atoms with Gasteiger partial charge in [-0.2, -0.15) is 0 Å². The summed E-state index contributed by atoms with van der Waals surface area (Å²) in [4.78, 5) is 30.5. The molecule has 6 nitrogen and oxygen atoms in total. The fourth-order valence-corrected chi connectivity index (χ4v) is 19.3. The van der Waals surface area contributed by atoms with Crippen LogP contribution >= 0.6 is 0 Å². The number of benzene rings is 17. The summed E-state index contributed by atoms with van der Waals surface area (Å²) in [6, 6.07) is 162. The van der Waals surface area contributed by atoms with Crippen molar-refractivity contribution in [2.45, 2.75) is 27.7 Å². The molecule has 0 bridgehead atoms. The van der Waals surface area contributed by atoms with Crippen LogP contribution in [0.3, 0.4) is 0 Å². The predicted molar refractivity (Wildman–Crippen MR) is 566 cm³/mol. The van der Waals surface area contributed by atoms with Crippen molar-refractivity contribution in [1.82, 2.24) is 29.9 Å². The maximum absolute atomic E-state index is 5.22. The molecule has 5 heterocycles. The Labute approximate surface area is 794 Å². The van der Waals surface area contributed by atoms with Gasteiger partial charge in [-0.15, -0.1) is 0 Å². The van der Waals surface area contributed by atoms with E-state index in [1.807, 2.05) is 37.2 Å². The second kappa shape index (κ2) is 37.4. The van der Waals surface area contributed by atoms with E-state index in [1.165, 1.54) is 22.3 Å². The minimum atomic E-state index is 0.631. The maximum Gasteiger partial charge on any atom is 0.159 e. The quantitative estimate of drug-likeness (QED) is 0.0713. The van der Waals surface area contributed by atoms with Gasteiger partial charge in [0.15, 0.2) is 5.82 Å². The van der Waals surface area contributed by atoms with E-state index in [1.54, 1.807) is 0 Å². The third kappa shape index (κ3) is 17.2. The molecule has 22 aromatic rings. The monoisotopic (exact) mass is 1740 g/mol. The summed E-state index contributed by atoms with van der Waals surface area (Å²) in [5.74, 6) is 0.631. The van der Waals surface area contributed by atoms with Crippen LogP contribution in [0.15, 0.2) is 486 Å². The molecule has 136 heavy (non-hydrogen) atoms. The summed E-state index contributed by atoms with van der Waals surface area (Å²) >= 11 is 0. The molecule has 0 saturated heterocycles. The average molecular weight is 1740 g/mol. The van der Waals surface area contributed by atoms with E-state index >= 15 is 0 Å². The standard InChI is InChI=1S/C130H92N6/c1-85-69-126(131-81-122(85)89-29-9-5-10-30-89)98-59-49-93(50-60-98)110-37-17-22-42-115(110)103-73-104(116-43-23-18-38-111(116)94-51-61-99(62-52-94)127-70-86(2)123(82-132-127)90-31-11-6-12-32-90)75-105(74-103)119-46-26-21-41-114(119)97-57-67-102(68-58-97)130-135-79-109(80-136-130)121-48-28-27-47-120(121)108-77-106(117-44-24-19-39-112(117)95-53-63-100(64-54-95)128-71-87(3)124(83-133-128)91-33-13-7-14-34-91)76-107(78-108)118-45-25-20-40-113(118)96-55-65-101(66-56-96)129-72-88(4)125(84-134-129)92-35-15-8-16-36-92/h5-84H,1-4H3. The van der Waals surface area contributed by atoms with Crippen LogP contribution in [-0.4, -0.2) is 29.9 Å². The number of aryl methyl sites for hydroxylation is 4. The molecule has 0 aliphatic heterocycles. The van der Waals surface area contributed by atoms with E-state index in [0.29, 0.717) is 5.82 Å². The predicted octanol–water partition coefficient (Wildman–Crippen LogP) is 34.3. The fraction of sp³-hybridized carbons (Fsp3) is 0.0308. The van der Waals surface area contributed by atoms with Crippen LogP contribution in [0.25, 0.3) is 234 Å². The number of rotatable bonds is 21. The van der Waals surface area contributed by atoms with Crippen molar-refractivity contribution in [1.29, 1.82) is 0 Å². The second-order valence-electron chi connectivity index (χ2n) is 35.1. The lowest BCUT2D eigenvalue weighted by molar-refractivity contribution is 1.18. The van der Waals surface area contributed by atoms with E-state index in [0.717, 1.165) is 229 Å². The summed E-state index contributed by atoms with van der Waals surface area (Å²) in [6.45, 7) is 8.67. The highest BCUT2D eigenvalue weighted by Crippen LogP contribution is 2.48. The fourth-order valence-electron chi connectivity index (χ4n) is 19.3. The van der Waals surface area contributed by atoms with E-state index in [2.05, 4.69) is 477 Å². The summed E-state index contributed by atoms with van der Waals surface area (Å²) in [5, 5.41) is 0. The lowest BCUT2D eigenvalue weighted by atomic mass is 9.86. The molecule has 0 aliphatic carbocycles. The van der Waals surface area contributed by atoms with Crippen molar-refractivity contribution >= 4 is 0 Å². The lowest BCUT2D eigenvalue weighted by Gasteiger charge is -2.18. The van der Waals surface area contributed by atoms with Crippen molar-refractivity contribution in [3.63, 3.8) is 0 Å². The van der Waals surface area contributed by atoms with Gasteiger partial charge in [-0.1, -0.05) is 388 Å². The van der Waals surface area contributed by atoms with Crippen LogP contribution in [0.5, 0.6) is 0 Å². The summed E-state index contributed by atoms with van der Waals surface area (Å²) in [6.07, 6.45) is 12.0. The van der Waals surface area contributed by atoms with Gasteiger partial charge < -0.3 is 0 Å². The zero-order valence-electron chi connectivity index (χ0n) is 75.9. The number of pyridine rings is 4. The molecule has 5 aromatic heterocycles. The normalized spacial score (nSPS) is 11.2. The first kappa shape index (κ1) is 84.0. The van der Waals surface area contributed by atoms with Crippen LogP contribution in [0.2, 0.25) is 0 Å². The number of nitrogens with zero attached hydrogens (tertiary/aromatic N) is 6. The molecule has 0 unspecified atom stereocenters. The number of hydrogen-bond donors (Lipinski definition) is 0. The van der Waals surface area contributed by atoms with Crippen LogP contribution in [0.1, 0.15) is 22.3 Å². The van der Waals surface area contributed by atoms with Crippen LogP contribution in [0.4, 0.5) is 0 Å². The van der Waals surface area contributed by atoms with Crippen molar-refractivity contribution in [2.24, 2.45) is 0 Å². The first-order valence-corrected chi connectivity index (χ1v) is 46.4. The molecule has 0 spiro atoms. The lowest BCUT2D eigenvalue weighted by Crippen LogP contribution is -1.94.